The van der Waals surface area contributed by atoms with Crippen molar-refractivity contribution < 1.29 is 13.3 Å². The summed E-state index contributed by atoms with van der Waals surface area (Å²) in [6.07, 6.45) is 1.74. The van der Waals surface area contributed by atoms with Crippen LogP contribution in [-0.4, -0.2) is 39.4 Å². The van der Waals surface area contributed by atoms with Crippen LogP contribution in [-0.2, 0) is 23.1 Å². The van der Waals surface area contributed by atoms with Crippen molar-refractivity contribution in [2.24, 2.45) is 0 Å². The van der Waals surface area contributed by atoms with Crippen molar-refractivity contribution in [1.29, 1.82) is 0 Å². The Morgan fingerprint density at radius 1 is 1.36 bits per heavy atom. The number of rotatable bonds is 8. The zero-order valence-corrected chi connectivity index (χ0v) is 15.6. The maximum atomic E-state index is 12.5. The molecule has 0 aromatic carbocycles. The van der Waals surface area contributed by atoms with Crippen molar-refractivity contribution in [3.05, 3.63) is 32.7 Å². The zero-order chi connectivity index (χ0) is 18.8. The van der Waals surface area contributed by atoms with Crippen molar-refractivity contribution in [3.8, 4) is 0 Å². The third-order valence-corrected chi connectivity index (χ3v) is 5.59. The first-order valence-corrected chi connectivity index (χ1v) is 9.44. The predicted molar refractivity (Wildman–Crippen MR) is 91.1 cm³/mol. The van der Waals surface area contributed by atoms with Gasteiger partial charge in [-0.2, -0.15) is 9.78 Å². The van der Waals surface area contributed by atoms with E-state index < -0.39 is 20.8 Å². The van der Waals surface area contributed by atoms with Crippen LogP contribution in [0, 0.1) is 24.0 Å². The van der Waals surface area contributed by atoms with E-state index in [0.717, 1.165) is 0 Å². The molecule has 0 bridgehead atoms. The number of hydrogen-bond acceptors (Lipinski definition) is 6. The van der Waals surface area contributed by atoms with E-state index in [4.69, 9.17) is 11.6 Å². The minimum atomic E-state index is -3.68. The maximum absolute atomic E-state index is 12.5. The van der Waals surface area contributed by atoms with Crippen LogP contribution in [0.1, 0.15) is 24.7 Å². The average molecular weight is 391 g/mol. The second-order valence-corrected chi connectivity index (χ2v) is 7.50. The molecule has 0 saturated carbocycles. The highest BCUT2D eigenvalue weighted by Gasteiger charge is 2.24. The first-order valence-electron chi connectivity index (χ1n) is 7.58. The fourth-order valence-electron chi connectivity index (χ4n) is 2.52. The fraction of sp³-hybridized carbons (Fsp3) is 0.538. The summed E-state index contributed by atoms with van der Waals surface area (Å²) in [5.74, 6) is -0.416. The molecule has 2 aromatic rings. The van der Waals surface area contributed by atoms with Gasteiger partial charge in [-0.1, -0.05) is 11.6 Å². The van der Waals surface area contributed by atoms with Crippen molar-refractivity contribution >= 4 is 27.4 Å². The van der Waals surface area contributed by atoms with Crippen molar-refractivity contribution in [3.63, 3.8) is 0 Å². The molecule has 12 heteroatoms. The second kappa shape index (κ2) is 7.50. The summed E-state index contributed by atoms with van der Waals surface area (Å²) >= 11 is 5.71. The number of nitrogens with zero attached hydrogens (tertiary/aromatic N) is 5. The zero-order valence-electron chi connectivity index (χ0n) is 14.1. The summed E-state index contributed by atoms with van der Waals surface area (Å²) in [6.45, 7) is 6.28. The minimum Gasteiger partial charge on any atom is -0.358 e. The molecule has 25 heavy (non-hydrogen) atoms. The van der Waals surface area contributed by atoms with Gasteiger partial charge in [0.2, 0.25) is 10.0 Å². The fourth-order valence-corrected chi connectivity index (χ4v) is 4.22. The van der Waals surface area contributed by atoms with E-state index in [1.165, 1.54) is 10.9 Å². The first kappa shape index (κ1) is 19.3. The lowest BCUT2D eigenvalue weighted by atomic mass is 10.4. The highest BCUT2D eigenvalue weighted by molar-refractivity contribution is 7.89. The van der Waals surface area contributed by atoms with Crippen molar-refractivity contribution in [1.82, 2.24) is 24.3 Å². The number of halogens is 1. The number of nitrogens with one attached hydrogen (secondary N) is 1. The van der Waals surface area contributed by atoms with Crippen molar-refractivity contribution in [2.75, 3.05) is 6.54 Å². The summed E-state index contributed by atoms with van der Waals surface area (Å²) in [6, 6.07) is 0. The van der Waals surface area contributed by atoms with Crippen LogP contribution in [0.2, 0.25) is 5.02 Å². The van der Waals surface area contributed by atoms with E-state index in [1.807, 2.05) is 6.92 Å². The van der Waals surface area contributed by atoms with E-state index in [0.29, 0.717) is 30.9 Å². The third kappa shape index (κ3) is 4.17. The van der Waals surface area contributed by atoms with Gasteiger partial charge in [0.15, 0.2) is 5.02 Å². The van der Waals surface area contributed by atoms with E-state index in [1.54, 1.807) is 18.5 Å². The predicted octanol–water partition coefficient (Wildman–Crippen LogP) is 1.65. The van der Waals surface area contributed by atoms with Gasteiger partial charge in [-0.05, 0) is 32.1 Å². The molecule has 0 atom stereocenters. The molecule has 0 radical (unpaired) electrons. The van der Waals surface area contributed by atoms with E-state index in [-0.39, 0.29) is 16.5 Å². The normalized spacial score (nSPS) is 11.8. The number of aromatic nitrogens is 4. The SMILES string of the molecule is CCn1nc(C)c(S(=O)(=O)NCCCn2cc(Cl)c([N+](=O)[O-])n2)c1C. The Kier molecular flexibility index (Phi) is 5.80. The maximum Gasteiger partial charge on any atom is 0.408 e. The lowest BCUT2D eigenvalue weighted by Crippen LogP contribution is -2.26. The van der Waals surface area contributed by atoms with Crippen LogP contribution in [0.5, 0.6) is 0 Å². The van der Waals surface area contributed by atoms with Crippen molar-refractivity contribution in [2.45, 2.75) is 45.2 Å². The average Bonchev–Trinajstić information content (AvgIpc) is 3.03. The molecular weight excluding hydrogens is 372 g/mol. The largest absolute Gasteiger partial charge is 0.408 e. The highest BCUT2D eigenvalue weighted by Crippen LogP contribution is 2.21. The Morgan fingerprint density at radius 3 is 2.56 bits per heavy atom. The molecule has 10 nitrogen and oxygen atoms in total. The first-order chi connectivity index (χ1) is 11.7. The van der Waals surface area contributed by atoms with Gasteiger partial charge in [-0.15, -0.1) is 0 Å². The summed E-state index contributed by atoms with van der Waals surface area (Å²) in [4.78, 5) is 10.2. The van der Waals surface area contributed by atoms with Gasteiger partial charge in [0.05, 0.1) is 29.2 Å². The highest BCUT2D eigenvalue weighted by atomic mass is 35.5. The summed E-state index contributed by atoms with van der Waals surface area (Å²) < 4.78 is 30.4. The molecule has 0 fully saturated rings. The van der Waals surface area contributed by atoms with Gasteiger partial charge in [0.25, 0.3) is 0 Å². The van der Waals surface area contributed by atoms with E-state index in [2.05, 4.69) is 14.9 Å². The number of aryl methyl sites for hydroxylation is 3. The van der Waals surface area contributed by atoms with E-state index >= 15 is 0 Å². The smallest absolute Gasteiger partial charge is 0.358 e. The van der Waals surface area contributed by atoms with E-state index in [9.17, 15) is 18.5 Å². The summed E-state index contributed by atoms with van der Waals surface area (Å²) in [7, 11) is -3.68. The van der Waals surface area contributed by atoms with Gasteiger partial charge in [-0.3, -0.25) is 4.68 Å². The van der Waals surface area contributed by atoms with Crippen LogP contribution in [0.15, 0.2) is 11.1 Å². The molecule has 0 unspecified atom stereocenters. The molecule has 0 amide bonds. The molecule has 0 spiro atoms. The van der Waals surface area contributed by atoms with Crippen LogP contribution >= 0.6 is 11.6 Å². The van der Waals surface area contributed by atoms with Crippen LogP contribution in [0.3, 0.4) is 0 Å². The topological polar surface area (TPSA) is 125 Å². The lowest BCUT2D eigenvalue weighted by molar-refractivity contribution is -0.389. The molecule has 2 heterocycles. The molecule has 0 aliphatic heterocycles. The molecule has 2 rings (SSSR count). The van der Waals surface area contributed by atoms with Gasteiger partial charge in [0, 0.05) is 13.1 Å². The number of hydrogen-bond donors (Lipinski definition) is 1. The number of nitro groups is 1. The Bertz CT molecular complexity index is 889. The van der Waals surface area contributed by atoms with Crippen LogP contribution < -0.4 is 4.72 Å². The molecule has 0 aliphatic carbocycles. The molecule has 2 aromatic heterocycles. The molecule has 0 aliphatic rings. The Morgan fingerprint density at radius 2 is 2.04 bits per heavy atom. The van der Waals surface area contributed by atoms with Crippen LogP contribution in [0.4, 0.5) is 5.82 Å². The summed E-state index contributed by atoms with van der Waals surface area (Å²) in [5, 5.41) is 18.6. The Labute approximate surface area is 150 Å². The van der Waals surface area contributed by atoms with Gasteiger partial charge in [-0.25, -0.2) is 13.1 Å². The molecule has 138 valence electrons. The standard InChI is InChI=1S/C13H19ClN6O4S/c1-4-19-10(3)12(9(2)16-19)25(23,24)15-6-5-7-18-8-11(14)13(17-18)20(21)22/h8,15H,4-7H2,1-3H3. The van der Waals surface area contributed by atoms with Gasteiger partial charge in [0.1, 0.15) is 4.90 Å². The monoisotopic (exact) mass is 390 g/mol. The van der Waals surface area contributed by atoms with Gasteiger partial charge >= 0.3 is 5.82 Å². The molecular formula is C13H19ClN6O4S. The number of sulfonamides is 1. The van der Waals surface area contributed by atoms with Gasteiger partial charge < -0.3 is 10.1 Å². The molecule has 0 saturated heterocycles. The van der Waals surface area contributed by atoms with Crippen LogP contribution in [0.25, 0.3) is 0 Å². The Balaban J connectivity index is 1.98. The summed E-state index contributed by atoms with van der Waals surface area (Å²) in [5.41, 5.74) is 1.03. The Hall–Kier alpha value is -1.98. The quantitative estimate of drug-likeness (QED) is 0.415. The molecule has 1 N–H and O–H groups in total. The lowest BCUT2D eigenvalue weighted by Gasteiger charge is -2.07. The minimum absolute atomic E-state index is 0.0520. The second-order valence-electron chi connectivity index (χ2n) is 5.39. The third-order valence-electron chi connectivity index (χ3n) is 3.61.